The smallest absolute Gasteiger partial charge is 0.164 e. The summed E-state index contributed by atoms with van der Waals surface area (Å²) < 4.78 is 50.0. The molecule has 56 heavy (non-hydrogen) atoms. The molecule has 262 valence electrons. The van der Waals surface area contributed by atoms with Gasteiger partial charge in [-0.3, -0.25) is 0 Å². The lowest BCUT2D eigenvalue weighted by Crippen LogP contribution is -2.00. The molecule has 3 heterocycles. The summed E-state index contributed by atoms with van der Waals surface area (Å²) in [6.07, 6.45) is 0. The van der Waals surface area contributed by atoms with Crippen LogP contribution in [-0.2, 0) is 0 Å². The average molecular weight is 722 g/mol. The molecule has 0 bridgehead atoms. The van der Waals surface area contributed by atoms with Gasteiger partial charge in [0.25, 0.3) is 0 Å². The standard InChI is InChI=1S/C51H32N4O/c1-4-12-33(13-5-1)35-20-22-37(23-21-35)50-52-49(36-16-8-3-9-17-36)53-51(54-50)39-25-28-47-43(30-39)44-32-40(26-29-48(44)56-47)55-45-19-11-10-18-41(45)42-27-24-38(31-46(42)55)34-14-6-2-7-15-34/h1-32H/i1D,4D,5D,12D,13D. The minimum atomic E-state index is -0.427. The number of aromatic nitrogens is 4. The number of furan rings is 1. The van der Waals surface area contributed by atoms with Gasteiger partial charge in [0.05, 0.1) is 17.9 Å². The molecule has 8 aromatic carbocycles. The van der Waals surface area contributed by atoms with Gasteiger partial charge in [-0.15, -0.1) is 0 Å². The second kappa shape index (κ2) is 13.0. The zero-order chi connectivity index (χ0) is 41.4. The van der Waals surface area contributed by atoms with E-state index in [1.807, 2.05) is 54.6 Å². The lowest BCUT2D eigenvalue weighted by Gasteiger charge is -2.10. The molecule has 0 unspecified atom stereocenters. The van der Waals surface area contributed by atoms with E-state index in [0.29, 0.717) is 28.6 Å². The van der Waals surface area contributed by atoms with Crippen LogP contribution in [0.4, 0.5) is 0 Å². The van der Waals surface area contributed by atoms with E-state index in [9.17, 15) is 0 Å². The SMILES string of the molecule is [2H]c1c([2H])c([2H])c(-c2ccc(-c3nc(-c4ccccc4)nc(-c4ccc5oc6ccc(-n7c8ccccc8c8ccc(-c9ccccc9)cc87)cc6c5c4)n3)cc2)c([2H])c1[2H]. The molecule has 0 N–H and O–H groups in total. The van der Waals surface area contributed by atoms with E-state index in [-0.39, 0.29) is 29.7 Å². The number of hydrogen-bond acceptors (Lipinski definition) is 4. The summed E-state index contributed by atoms with van der Waals surface area (Å²) in [5.41, 5.74) is 9.96. The van der Waals surface area contributed by atoms with E-state index in [2.05, 4.69) is 89.5 Å². The van der Waals surface area contributed by atoms with Crippen LogP contribution in [0.15, 0.2) is 198 Å². The van der Waals surface area contributed by atoms with Gasteiger partial charge in [-0.1, -0.05) is 145 Å². The summed E-state index contributed by atoms with van der Waals surface area (Å²) in [4.78, 5) is 14.9. The summed E-state index contributed by atoms with van der Waals surface area (Å²) >= 11 is 0. The van der Waals surface area contributed by atoms with Gasteiger partial charge in [0.15, 0.2) is 17.5 Å². The van der Waals surface area contributed by atoms with Crippen LogP contribution in [0.25, 0.3) is 106 Å². The molecule has 0 aliphatic carbocycles. The Morgan fingerprint density at radius 2 is 0.911 bits per heavy atom. The molecular weight excluding hydrogens is 685 g/mol. The molecule has 5 heteroatoms. The number of fused-ring (bicyclic) bond motifs is 6. The third kappa shape index (κ3) is 5.45. The average Bonchev–Trinajstić information content (AvgIpc) is 3.85. The zero-order valence-corrected chi connectivity index (χ0v) is 29.8. The van der Waals surface area contributed by atoms with Crippen LogP contribution in [0, 0.1) is 0 Å². The van der Waals surface area contributed by atoms with Gasteiger partial charge in [-0.2, -0.15) is 0 Å². The molecule has 3 aromatic heterocycles. The van der Waals surface area contributed by atoms with Gasteiger partial charge in [0.1, 0.15) is 11.2 Å². The van der Waals surface area contributed by atoms with Crippen LogP contribution in [0.3, 0.4) is 0 Å². The lowest BCUT2D eigenvalue weighted by molar-refractivity contribution is 0.669. The Balaban J connectivity index is 1.04. The van der Waals surface area contributed by atoms with Crippen molar-refractivity contribution in [1.82, 2.24) is 19.5 Å². The van der Waals surface area contributed by atoms with Crippen molar-refractivity contribution in [1.29, 1.82) is 0 Å². The largest absolute Gasteiger partial charge is 0.456 e. The minimum Gasteiger partial charge on any atom is -0.456 e. The first-order valence-electron chi connectivity index (χ1n) is 20.9. The van der Waals surface area contributed by atoms with E-state index in [0.717, 1.165) is 60.9 Å². The molecule has 0 atom stereocenters. The van der Waals surface area contributed by atoms with Crippen LogP contribution in [0.5, 0.6) is 0 Å². The van der Waals surface area contributed by atoms with Gasteiger partial charge in [-0.05, 0) is 70.8 Å². The van der Waals surface area contributed by atoms with Crippen LogP contribution in [-0.4, -0.2) is 19.5 Å². The summed E-state index contributed by atoms with van der Waals surface area (Å²) in [7, 11) is 0. The number of hydrogen-bond donors (Lipinski definition) is 0. The Hall–Kier alpha value is -7.63. The maximum Gasteiger partial charge on any atom is 0.164 e. The monoisotopic (exact) mass is 721 g/mol. The Bertz CT molecular complexity index is 3500. The molecular formula is C51H32N4O. The molecule has 11 rings (SSSR count). The molecule has 0 saturated heterocycles. The predicted molar refractivity (Wildman–Crippen MR) is 229 cm³/mol. The number of para-hydroxylation sites is 1. The van der Waals surface area contributed by atoms with Gasteiger partial charge >= 0.3 is 0 Å². The molecule has 0 fully saturated rings. The summed E-state index contributed by atoms with van der Waals surface area (Å²) in [6.45, 7) is 0. The van der Waals surface area contributed by atoms with E-state index in [4.69, 9.17) is 26.2 Å². The van der Waals surface area contributed by atoms with Crippen molar-refractivity contribution in [2.45, 2.75) is 0 Å². The normalized spacial score (nSPS) is 12.8. The molecule has 0 amide bonds. The lowest BCUT2D eigenvalue weighted by atomic mass is 10.0. The molecule has 0 aliphatic heterocycles. The van der Waals surface area contributed by atoms with Crippen molar-refractivity contribution in [3.05, 3.63) is 194 Å². The maximum atomic E-state index is 8.47. The summed E-state index contributed by atoms with van der Waals surface area (Å²) in [6, 6.07) is 53.1. The third-order valence-electron chi connectivity index (χ3n) is 10.3. The highest BCUT2D eigenvalue weighted by Crippen LogP contribution is 2.38. The third-order valence-corrected chi connectivity index (χ3v) is 10.3. The van der Waals surface area contributed by atoms with Crippen molar-refractivity contribution in [3.8, 4) is 62.1 Å². The number of nitrogens with zero attached hydrogens (tertiary/aromatic N) is 4. The fourth-order valence-electron chi connectivity index (χ4n) is 7.63. The van der Waals surface area contributed by atoms with Crippen molar-refractivity contribution >= 4 is 43.7 Å². The molecule has 11 aromatic rings. The molecule has 5 nitrogen and oxygen atoms in total. The van der Waals surface area contributed by atoms with E-state index in [1.165, 1.54) is 10.8 Å². The summed E-state index contributed by atoms with van der Waals surface area (Å²) in [5, 5.41) is 4.24. The van der Waals surface area contributed by atoms with Gasteiger partial charge in [-0.25, -0.2) is 15.0 Å². The van der Waals surface area contributed by atoms with E-state index < -0.39 is 6.04 Å². The molecule has 0 spiro atoms. The topological polar surface area (TPSA) is 56.7 Å². The van der Waals surface area contributed by atoms with Crippen LogP contribution >= 0.6 is 0 Å². The second-order valence-corrected chi connectivity index (χ2v) is 13.7. The van der Waals surface area contributed by atoms with E-state index in [1.54, 1.807) is 24.3 Å². The Labute approximate surface area is 329 Å². The quantitative estimate of drug-likeness (QED) is 0.172. The predicted octanol–water partition coefficient (Wildman–Crippen LogP) is 13.2. The first-order chi connectivity index (χ1) is 29.8. The zero-order valence-electron chi connectivity index (χ0n) is 34.8. The van der Waals surface area contributed by atoms with Crippen molar-refractivity contribution in [2.24, 2.45) is 0 Å². The minimum absolute atomic E-state index is 0.137. The van der Waals surface area contributed by atoms with Crippen molar-refractivity contribution in [3.63, 3.8) is 0 Å². The van der Waals surface area contributed by atoms with Crippen molar-refractivity contribution < 1.29 is 11.3 Å². The van der Waals surface area contributed by atoms with Crippen LogP contribution in [0.1, 0.15) is 6.85 Å². The molecule has 0 aliphatic rings. The fraction of sp³-hybridized carbons (Fsp3) is 0. The van der Waals surface area contributed by atoms with Gasteiger partial charge in [0.2, 0.25) is 0 Å². The van der Waals surface area contributed by atoms with Crippen LogP contribution in [0.2, 0.25) is 0 Å². The van der Waals surface area contributed by atoms with E-state index >= 15 is 0 Å². The number of benzene rings is 8. The van der Waals surface area contributed by atoms with Crippen LogP contribution < -0.4 is 0 Å². The first-order valence-corrected chi connectivity index (χ1v) is 18.4. The molecule has 0 saturated carbocycles. The van der Waals surface area contributed by atoms with Crippen molar-refractivity contribution in [2.75, 3.05) is 0 Å². The first kappa shape index (κ1) is 27.0. The Morgan fingerprint density at radius 3 is 1.66 bits per heavy atom. The highest BCUT2D eigenvalue weighted by atomic mass is 16.3. The highest BCUT2D eigenvalue weighted by molar-refractivity contribution is 6.11. The number of rotatable bonds is 6. The summed E-state index contributed by atoms with van der Waals surface area (Å²) in [5.74, 6) is 1.40. The Morgan fingerprint density at radius 1 is 0.375 bits per heavy atom. The second-order valence-electron chi connectivity index (χ2n) is 13.7. The Kier molecular flexibility index (Phi) is 6.29. The molecule has 0 radical (unpaired) electrons. The highest BCUT2D eigenvalue weighted by Gasteiger charge is 2.18. The fourth-order valence-corrected chi connectivity index (χ4v) is 7.63. The maximum absolute atomic E-state index is 8.47. The van der Waals surface area contributed by atoms with Gasteiger partial charge in [0, 0.05) is 43.9 Å². The van der Waals surface area contributed by atoms with Gasteiger partial charge < -0.3 is 8.98 Å².